The normalized spacial score (nSPS) is 25.2. The molecule has 1 aromatic rings. The highest BCUT2D eigenvalue weighted by molar-refractivity contribution is 5.61. The van der Waals surface area contributed by atoms with Crippen LogP contribution in [0, 0.1) is 5.82 Å². The Hall–Kier alpha value is -1.09. The third-order valence-electron chi connectivity index (χ3n) is 3.50. The van der Waals surface area contributed by atoms with E-state index < -0.39 is 0 Å². The average Bonchev–Trinajstić information content (AvgIpc) is 2.56. The number of hydrogen-bond donors (Lipinski definition) is 0. The van der Waals surface area contributed by atoms with Gasteiger partial charge in [0.1, 0.15) is 5.82 Å². The van der Waals surface area contributed by atoms with Gasteiger partial charge in [0.2, 0.25) is 0 Å². The molecule has 0 N–H and O–H groups in total. The molecule has 0 spiro atoms. The first-order valence-corrected chi connectivity index (χ1v) is 5.48. The maximum absolute atomic E-state index is 13.7. The van der Waals surface area contributed by atoms with Gasteiger partial charge in [0, 0.05) is 25.7 Å². The predicted octanol–water partition coefficient (Wildman–Crippen LogP) is 1.50. The summed E-state index contributed by atoms with van der Waals surface area (Å²) in [4.78, 5) is 4.57. The highest BCUT2D eigenvalue weighted by Crippen LogP contribution is 2.35. The maximum Gasteiger partial charge on any atom is 0.146 e. The van der Waals surface area contributed by atoms with Crippen molar-refractivity contribution in [2.75, 3.05) is 31.6 Å². The molecule has 0 radical (unpaired) electrons. The van der Waals surface area contributed by atoms with Crippen molar-refractivity contribution < 1.29 is 4.39 Å². The van der Waals surface area contributed by atoms with Crippen LogP contribution in [0.5, 0.6) is 0 Å². The lowest BCUT2D eigenvalue weighted by Gasteiger charge is -2.37. The van der Waals surface area contributed by atoms with Gasteiger partial charge in [-0.25, -0.2) is 4.39 Å². The van der Waals surface area contributed by atoms with Crippen LogP contribution < -0.4 is 4.90 Å². The number of halogens is 1. The second-order valence-electron chi connectivity index (χ2n) is 4.56. The van der Waals surface area contributed by atoms with E-state index in [1.807, 2.05) is 6.07 Å². The molecule has 1 unspecified atom stereocenters. The van der Waals surface area contributed by atoms with Crippen LogP contribution in [0.1, 0.15) is 5.56 Å². The number of hydrogen-bond acceptors (Lipinski definition) is 2. The number of benzene rings is 1. The van der Waals surface area contributed by atoms with E-state index in [9.17, 15) is 4.39 Å². The smallest absolute Gasteiger partial charge is 0.146 e. The third kappa shape index (κ3) is 1.34. The van der Waals surface area contributed by atoms with Crippen LogP contribution in [-0.4, -0.2) is 37.6 Å². The molecule has 3 rings (SSSR count). The zero-order valence-corrected chi connectivity index (χ0v) is 8.91. The van der Waals surface area contributed by atoms with E-state index in [1.54, 1.807) is 6.07 Å². The molecule has 0 amide bonds. The lowest BCUT2D eigenvalue weighted by Crippen LogP contribution is -2.50. The van der Waals surface area contributed by atoms with Crippen molar-refractivity contribution in [2.24, 2.45) is 0 Å². The van der Waals surface area contributed by atoms with Crippen molar-refractivity contribution in [1.82, 2.24) is 4.90 Å². The van der Waals surface area contributed by atoms with E-state index in [0.717, 1.165) is 31.7 Å². The standard InChI is InChI=1S/C12H15FN2/c1-14-5-6-15-10(8-14)7-9-3-2-4-11(13)12(9)15/h2-4,10H,5-8H2,1H3. The molecule has 15 heavy (non-hydrogen) atoms. The number of piperazine rings is 1. The van der Waals surface area contributed by atoms with Crippen molar-refractivity contribution in [3.8, 4) is 0 Å². The van der Waals surface area contributed by atoms with E-state index >= 15 is 0 Å². The number of para-hydroxylation sites is 1. The Kier molecular flexibility index (Phi) is 1.96. The Bertz CT molecular complexity index is 391. The summed E-state index contributed by atoms with van der Waals surface area (Å²) in [5.74, 6) is -0.0560. The van der Waals surface area contributed by atoms with Gasteiger partial charge in [-0.2, -0.15) is 0 Å². The zero-order valence-electron chi connectivity index (χ0n) is 8.91. The summed E-state index contributed by atoms with van der Waals surface area (Å²) in [6.07, 6.45) is 0.997. The van der Waals surface area contributed by atoms with Crippen molar-refractivity contribution >= 4 is 5.69 Å². The summed E-state index contributed by atoms with van der Waals surface area (Å²) in [5.41, 5.74) is 2.03. The highest BCUT2D eigenvalue weighted by atomic mass is 19.1. The van der Waals surface area contributed by atoms with Gasteiger partial charge >= 0.3 is 0 Å². The second kappa shape index (κ2) is 3.20. The molecule has 2 aliphatic heterocycles. The van der Waals surface area contributed by atoms with Crippen molar-refractivity contribution in [2.45, 2.75) is 12.5 Å². The summed E-state index contributed by atoms with van der Waals surface area (Å²) in [6.45, 7) is 3.04. The molecule has 80 valence electrons. The number of likely N-dealkylation sites (N-methyl/N-ethyl adjacent to an activating group) is 1. The largest absolute Gasteiger partial charge is 0.363 e. The van der Waals surface area contributed by atoms with E-state index in [4.69, 9.17) is 0 Å². The fourth-order valence-electron chi connectivity index (χ4n) is 2.78. The molecule has 0 aliphatic carbocycles. The van der Waals surface area contributed by atoms with Gasteiger partial charge in [-0.3, -0.25) is 0 Å². The minimum Gasteiger partial charge on any atom is -0.363 e. The van der Waals surface area contributed by atoms with Gasteiger partial charge in [-0.1, -0.05) is 12.1 Å². The van der Waals surface area contributed by atoms with E-state index in [0.29, 0.717) is 6.04 Å². The topological polar surface area (TPSA) is 6.48 Å². The first kappa shape index (κ1) is 9.16. The van der Waals surface area contributed by atoms with Gasteiger partial charge in [0.15, 0.2) is 0 Å². The molecule has 0 bridgehead atoms. The fourth-order valence-corrected chi connectivity index (χ4v) is 2.78. The molecular weight excluding hydrogens is 191 g/mol. The van der Waals surface area contributed by atoms with Crippen molar-refractivity contribution in [1.29, 1.82) is 0 Å². The summed E-state index contributed by atoms with van der Waals surface area (Å²) in [7, 11) is 2.14. The highest BCUT2D eigenvalue weighted by Gasteiger charge is 2.34. The lowest BCUT2D eigenvalue weighted by molar-refractivity contribution is 0.272. The van der Waals surface area contributed by atoms with Crippen LogP contribution in [0.25, 0.3) is 0 Å². The predicted molar refractivity (Wildman–Crippen MR) is 58.7 cm³/mol. The van der Waals surface area contributed by atoms with E-state index in [1.165, 1.54) is 5.56 Å². The summed E-state index contributed by atoms with van der Waals surface area (Å²) in [6, 6.07) is 5.92. The van der Waals surface area contributed by atoms with Gasteiger partial charge in [-0.15, -0.1) is 0 Å². The minimum absolute atomic E-state index is 0.0560. The summed E-state index contributed by atoms with van der Waals surface area (Å²) in [5, 5.41) is 0. The molecule has 0 saturated carbocycles. The summed E-state index contributed by atoms with van der Waals surface area (Å²) < 4.78 is 13.7. The van der Waals surface area contributed by atoms with Crippen molar-refractivity contribution in [3.63, 3.8) is 0 Å². The molecule has 1 fully saturated rings. The molecular formula is C12H15FN2. The minimum atomic E-state index is -0.0560. The second-order valence-corrected chi connectivity index (χ2v) is 4.56. The molecule has 3 heteroatoms. The quantitative estimate of drug-likeness (QED) is 0.634. The number of anilines is 1. The van der Waals surface area contributed by atoms with Gasteiger partial charge in [0.05, 0.1) is 5.69 Å². The summed E-state index contributed by atoms with van der Waals surface area (Å²) >= 11 is 0. The maximum atomic E-state index is 13.7. The molecule has 1 saturated heterocycles. The number of fused-ring (bicyclic) bond motifs is 3. The van der Waals surface area contributed by atoms with Crippen molar-refractivity contribution in [3.05, 3.63) is 29.6 Å². The molecule has 2 aliphatic rings. The number of nitrogens with zero attached hydrogens (tertiary/aromatic N) is 2. The molecule has 2 nitrogen and oxygen atoms in total. The van der Waals surface area contributed by atoms with E-state index in [2.05, 4.69) is 22.9 Å². The van der Waals surface area contributed by atoms with Crippen LogP contribution in [0.15, 0.2) is 18.2 Å². The van der Waals surface area contributed by atoms with Crippen LogP contribution in [0.4, 0.5) is 10.1 Å². The van der Waals surface area contributed by atoms with Gasteiger partial charge in [-0.05, 0) is 25.1 Å². The monoisotopic (exact) mass is 206 g/mol. The lowest BCUT2D eigenvalue weighted by atomic mass is 10.1. The third-order valence-corrected chi connectivity index (χ3v) is 3.50. The Morgan fingerprint density at radius 2 is 2.20 bits per heavy atom. The Balaban J connectivity index is 2.00. The SMILES string of the molecule is CN1CCN2c3c(F)cccc3CC2C1. The van der Waals surface area contributed by atoms with Crippen LogP contribution >= 0.6 is 0 Å². The first-order chi connectivity index (χ1) is 7.25. The Labute approximate surface area is 89.3 Å². The Morgan fingerprint density at radius 1 is 1.33 bits per heavy atom. The molecule has 1 atom stereocenters. The van der Waals surface area contributed by atoms with Gasteiger partial charge in [0.25, 0.3) is 0 Å². The average molecular weight is 206 g/mol. The van der Waals surface area contributed by atoms with Crippen LogP contribution in [0.3, 0.4) is 0 Å². The first-order valence-electron chi connectivity index (χ1n) is 5.48. The number of rotatable bonds is 0. The van der Waals surface area contributed by atoms with Gasteiger partial charge < -0.3 is 9.80 Å². The molecule has 1 aromatic carbocycles. The zero-order chi connectivity index (χ0) is 10.4. The Morgan fingerprint density at radius 3 is 3.07 bits per heavy atom. The van der Waals surface area contributed by atoms with Crippen LogP contribution in [0.2, 0.25) is 0 Å². The molecule has 2 heterocycles. The van der Waals surface area contributed by atoms with E-state index in [-0.39, 0.29) is 5.82 Å². The molecule has 0 aromatic heterocycles. The fraction of sp³-hybridized carbons (Fsp3) is 0.500. The van der Waals surface area contributed by atoms with Crippen LogP contribution in [-0.2, 0) is 6.42 Å².